The highest BCUT2D eigenvalue weighted by molar-refractivity contribution is 7.92. The largest absolute Gasteiger partial charge is 0.491 e. The van der Waals surface area contributed by atoms with Gasteiger partial charge in [0, 0.05) is 39.0 Å². The second kappa shape index (κ2) is 10.5. The first-order valence-electron chi connectivity index (χ1n) is 11.0. The summed E-state index contributed by atoms with van der Waals surface area (Å²) in [6, 6.07) is 13.0. The fourth-order valence-electron chi connectivity index (χ4n) is 3.83. The number of carbonyl (C=O) groups excluding carboxylic acids is 1. The number of carbonyl (C=O) groups is 1. The highest BCUT2D eigenvalue weighted by Crippen LogP contribution is 2.27. The van der Waals surface area contributed by atoms with Gasteiger partial charge in [0.05, 0.1) is 16.6 Å². The minimum Gasteiger partial charge on any atom is -0.491 e. The van der Waals surface area contributed by atoms with Crippen molar-refractivity contribution in [2.75, 3.05) is 45.6 Å². The van der Waals surface area contributed by atoms with Crippen molar-refractivity contribution in [3.8, 4) is 5.75 Å². The van der Waals surface area contributed by atoms with Crippen LogP contribution in [0.15, 0.2) is 53.4 Å². The molecular weight excluding hydrogens is 442 g/mol. The number of hydrogen-bond donors (Lipinski definition) is 1. The van der Waals surface area contributed by atoms with E-state index in [9.17, 15) is 13.2 Å². The molecule has 2 aromatic carbocycles. The topological polar surface area (TPSA) is 88.2 Å². The Morgan fingerprint density at radius 2 is 1.76 bits per heavy atom. The number of methoxy groups -OCH3 is 1. The Labute approximate surface area is 196 Å². The fourth-order valence-corrected chi connectivity index (χ4v) is 4.91. The summed E-state index contributed by atoms with van der Waals surface area (Å²) in [6.07, 6.45) is -0.142. The summed E-state index contributed by atoms with van der Waals surface area (Å²) in [6.45, 7) is 5.76. The quantitative estimate of drug-likeness (QED) is 0.732. The zero-order chi connectivity index (χ0) is 24.2. The first-order valence-corrected chi connectivity index (χ1v) is 12.4. The molecule has 0 saturated heterocycles. The molecule has 0 saturated carbocycles. The van der Waals surface area contributed by atoms with Gasteiger partial charge in [0.15, 0.2) is 0 Å². The van der Waals surface area contributed by atoms with E-state index >= 15 is 0 Å². The molecule has 1 amide bonds. The third-order valence-electron chi connectivity index (χ3n) is 6.06. The number of ether oxygens (including phenoxy) is 2. The van der Waals surface area contributed by atoms with Crippen LogP contribution in [0.4, 0.5) is 5.69 Å². The number of hydrogen-bond acceptors (Lipinski definition) is 6. The van der Waals surface area contributed by atoms with Gasteiger partial charge in [-0.3, -0.25) is 14.4 Å². The number of nitrogens with one attached hydrogen (secondary N) is 1. The van der Waals surface area contributed by atoms with Crippen LogP contribution in [0.25, 0.3) is 0 Å². The van der Waals surface area contributed by atoms with Gasteiger partial charge in [-0.1, -0.05) is 25.1 Å². The number of likely N-dealkylation sites (N-methyl/N-ethyl adjacent to an activating group) is 2. The smallest absolute Gasteiger partial charge is 0.261 e. The van der Waals surface area contributed by atoms with Gasteiger partial charge in [0.1, 0.15) is 12.4 Å². The molecule has 3 rings (SSSR count). The Hall–Kier alpha value is -2.62. The Balaban J connectivity index is 1.96. The molecule has 0 aliphatic carbocycles. The normalized spacial score (nSPS) is 23.1. The number of amides is 1. The van der Waals surface area contributed by atoms with E-state index in [0.717, 1.165) is 6.54 Å². The van der Waals surface area contributed by atoms with Gasteiger partial charge < -0.3 is 14.4 Å². The van der Waals surface area contributed by atoms with Gasteiger partial charge >= 0.3 is 0 Å². The van der Waals surface area contributed by atoms with Gasteiger partial charge in [-0.05, 0) is 50.2 Å². The number of anilines is 1. The van der Waals surface area contributed by atoms with E-state index in [0.29, 0.717) is 24.5 Å². The average molecular weight is 476 g/mol. The second-order valence-electron chi connectivity index (χ2n) is 8.67. The van der Waals surface area contributed by atoms with E-state index in [1.54, 1.807) is 49.4 Å². The maximum Gasteiger partial charge on any atom is 0.261 e. The van der Waals surface area contributed by atoms with Crippen LogP contribution in [0.1, 0.15) is 24.2 Å². The average Bonchev–Trinajstić information content (AvgIpc) is 2.80. The van der Waals surface area contributed by atoms with Crippen LogP contribution in [0.5, 0.6) is 5.75 Å². The van der Waals surface area contributed by atoms with Crippen molar-refractivity contribution >= 4 is 21.6 Å². The number of fused-ring (bicyclic) bond motifs is 1. The minimum atomic E-state index is -3.79. The van der Waals surface area contributed by atoms with E-state index in [-0.39, 0.29) is 34.6 Å². The van der Waals surface area contributed by atoms with Crippen molar-refractivity contribution in [1.29, 1.82) is 0 Å². The maximum absolute atomic E-state index is 13.4. The lowest BCUT2D eigenvalue weighted by Gasteiger charge is -2.34. The molecule has 33 heavy (non-hydrogen) atoms. The molecule has 8 nitrogen and oxygen atoms in total. The summed E-state index contributed by atoms with van der Waals surface area (Å²) in [7, 11) is 1.62. The van der Waals surface area contributed by atoms with Crippen molar-refractivity contribution in [3.63, 3.8) is 0 Å². The van der Waals surface area contributed by atoms with Crippen LogP contribution < -0.4 is 9.46 Å². The molecule has 0 bridgehead atoms. The van der Waals surface area contributed by atoms with Gasteiger partial charge in [-0.15, -0.1) is 0 Å². The summed E-state index contributed by atoms with van der Waals surface area (Å²) < 4.78 is 39.8. The van der Waals surface area contributed by atoms with Crippen LogP contribution >= 0.6 is 0 Å². The molecule has 0 unspecified atom stereocenters. The van der Waals surface area contributed by atoms with Crippen LogP contribution in [-0.4, -0.2) is 77.2 Å². The molecule has 0 radical (unpaired) electrons. The predicted octanol–water partition coefficient (Wildman–Crippen LogP) is 2.92. The monoisotopic (exact) mass is 475 g/mol. The highest BCUT2D eigenvalue weighted by atomic mass is 32.2. The van der Waals surface area contributed by atoms with E-state index in [1.165, 1.54) is 18.2 Å². The Morgan fingerprint density at radius 1 is 1.06 bits per heavy atom. The number of benzene rings is 2. The summed E-state index contributed by atoms with van der Waals surface area (Å²) >= 11 is 0. The second-order valence-corrected chi connectivity index (χ2v) is 10.3. The molecular formula is C24H33N3O5S. The zero-order valence-electron chi connectivity index (χ0n) is 19.8. The molecule has 0 fully saturated rings. The maximum atomic E-state index is 13.4. The van der Waals surface area contributed by atoms with Gasteiger partial charge in [-0.25, -0.2) is 8.42 Å². The first-order chi connectivity index (χ1) is 15.6. The van der Waals surface area contributed by atoms with Crippen molar-refractivity contribution < 1.29 is 22.7 Å². The first kappa shape index (κ1) is 25.0. The summed E-state index contributed by atoms with van der Waals surface area (Å²) in [5, 5.41) is 0. The van der Waals surface area contributed by atoms with Crippen LogP contribution in [-0.2, 0) is 14.8 Å². The van der Waals surface area contributed by atoms with E-state index < -0.39 is 10.0 Å². The van der Waals surface area contributed by atoms with Crippen LogP contribution in [0, 0.1) is 5.92 Å². The lowest BCUT2D eigenvalue weighted by atomic mass is 10.0. The Kier molecular flexibility index (Phi) is 7.99. The Morgan fingerprint density at radius 3 is 2.42 bits per heavy atom. The van der Waals surface area contributed by atoms with E-state index in [2.05, 4.69) is 23.5 Å². The zero-order valence-corrected chi connectivity index (χ0v) is 20.6. The molecule has 1 aliphatic rings. The predicted molar refractivity (Wildman–Crippen MR) is 128 cm³/mol. The standard InChI is InChI=1S/C24H33N3O5S/c1-17-14-26(3)18(2)16-32-22-12-11-19(25-33(29,30)20-9-7-6-8-10-20)13-21(22)24(28)27(4)15-23(17)31-5/h6-13,17-18,23,25H,14-16H2,1-5H3/t17-,18-,23+/m1/s1. The lowest BCUT2D eigenvalue weighted by Crippen LogP contribution is -2.45. The van der Waals surface area contributed by atoms with Crippen molar-refractivity contribution in [2.24, 2.45) is 5.92 Å². The third-order valence-corrected chi connectivity index (χ3v) is 7.46. The van der Waals surface area contributed by atoms with Crippen LogP contribution in [0.3, 0.4) is 0 Å². The molecule has 9 heteroatoms. The molecule has 1 aliphatic heterocycles. The molecule has 1 N–H and O–H groups in total. The number of nitrogens with zero attached hydrogens (tertiary/aromatic N) is 2. The summed E-state index contributed by atoms with van der Waals surface area (Å²) in [5.74, 6) is 0.347. The molecule has 0 aromatic heterocycles. The van der Waals surface area contributed by atoms with Crippen molar-refractivity contribution in [3.05, 3.63) is 54.1 Å². The van der Waals surface area contributed by atoms with Gasteiger partial charge in [-0.2, -0.15) is 0 Å². The number of sulfonamides is 1. The molecule has 2 aromatic rings. The van der Waals surface area contributed by atoms with Crippen molar-refractivity contribution in [1.82, 2.24) is 9.80 Å². The molecule has 0 spiro atoms. The lowest BCUT2D eigenvalue weighted by molar-refractivity contribution is 0.0150. The van der Waals surface area contributed by atoms with Gasteiger partial charge in [0.2, 0.25) is 0 Å². The minimum absolute atomic E-state index is 0.112. The van der Waals surface area contributed by atoms with Crippen molar-refractivity contribution in [2.45, 2.75) is 30.9 Å². The fraction of sp³-hybridized carbons (Fsp3) is 0.458. The number of rotatable bonds is 4. The summed E-state index contributed by atoms with van der Waals surface area (Å²) in [4.78, 5) is 17.3. The summed E-state index contributed by atoms with van der Waals surface area (Å²) in [5.41, 5.74) is 0.584. The third kappa shape index (κ3) is 6.04. The molecule has 180 valence electrons. The van der Waals surface area contributed by atoms with Gasteiger partial charge in [0.25, 0.3) is 15.9 Å². The van der Waals surface area contributed by atoms with E-state index in [1.807, 2.05) is 7.05 Å². The Bertz CT molecular complexity index is 1060. The SMILES string of the molecule is CO[C@H]1CN(C)C(=O)c2cc(NS(=O)(=O)c3ccccc3)ccc2OC[C@@H](C)N(C)C[C@H]1C. The van der Waals surface area contributed by atoms with E-state index in [4.69, 9.17) is 9.47 Å². The highest BCUT2D eigenvalue weighted by Gasteiger charge is 2.27. The van der Waals surface area contributed by atoms with Crippen LogP contribution in [0.2, 0.25) is 0 Å². The molecule has 1 heterocycles. The molecule has 3 atom stereocenters.